The van der Waals surface area contributed by atoms with Crippen LogP contribution in [-0.2, 0) is 9.59 Å². The largest absolute Gasteiger partial charge is 0.481 e. The highest BCUT2D eigenvalue weighted by molar-refractivity contribution is 6.04. The Bertz CT molecular complexity index is 426. The number of nitrogens with zero attached hydrogens (tertiary/aromatic N) is 1. The third kappa shape index (κ3) is 13.1. The normalized spacial score (nSPS) is 14.5. The summed E-state index contributed by atoms with van der Waals surface area (Å²) >= 11 is 0. The predicted molar refractivity (Wildman–Crippen MR) is 106 cm³/mol. The fraction of sp³-hybridized carbons (Fsp3) is 0.810. The van der Waals surface area contributed by atoms with Crippen molar-refractivity contribution in [1.82, 2.24) is 0 Å². The first-order valence-corrected chi connectivity index (χ1v) is 10.1. The molecular weight excluding hydrogens is 330 g/mol. The van der Waals surface area contributed by atoms with Gasteiger partial charge in [0.1, 0.15) is 12.6 Å². The molecule has 0 aliphatic carbocycles. The highest BCUT2D eigenvalue weighted by Gasteiger charge is 2.35. The van der Waals surface area contributed by atoms with Gasteiger partial charge in [-0.2, -0.15) is 0 Å². The third-order valence-electron chi connectivity index (χ3n) is 4.45. The van der Waals surface area contributed by atoms with E-state index >= 15 is 0 Å². The first kappa shape index (κ1) is 24.8. The zero-order chi connectivity index (χ0) is 20.0. The number of aliphatic carboxylic acids is 1. The summed E-state index contributed by atoms with van der Waals surface area (Å²) < 4.78 is 0.403. The second kappa shape index (κ2) is 13.9. The minimum atomic E-state index is -1.38. The highest BCUT2D eigenvalue weighted by Crippen LogP contribution is 2.13. The average molecular weight is 371 g/mol. The molecular formula is C21H40NO4+. The van der Waals surface area contributed by atoms with Crippen molar-refractivity contribution in [1.29, 1.82) is 0 Å². The summed E-state index contributed by atoms with van der Waals surface area (Å²) in [6.45, 7) is 2.44. The van der Waals surface area contributed by atoms with Crippen molar-refractivity contribution in [2.75, 3.05) is 27.7 Å². The van der Waals surface area contributed by atoms with Crippen molar-refractivity contribution in [3.63, 3.8) is 0 Å². The molecule has 0 rings (SSSR count). The Kier molecular flexibility index (Phi) is 13.3. The summed E-state index contributed by atoms with van der Waals surface area (Å²) in [5, 5.41) is 19.4. The van der Waals surface area contributed by atoms with Crippen LogP contribution >= 0.6 is 0 Å². The van der Waals surface area contributed by atoms with Crippen LogP contribution in [0.3, 0.4) is 0 Å². The molecule has 0 fully saturated rings. The molecule has 0 amide bonds. The molecule has 0 heterocycles. The van der Waals surface area contributed by atoms with Crippen LogP contribution in [0.1, 0.15) is 71.1 Å². The van der Waals surface area contributed by atoms with E-state index in [1.54, 1.807) is 6.08 Å². The van der Waals surface area contributed by atoms with E-state index in [-0.39, 0.29) is 6.54 Å². The predicted octanol–water partition coefficient (Wildman–Crippen LogP) is 3.80. The number of carbonyl (C=O) groups is 2. The zero-order valence-electron chi connectivity index (χ0n) is 17.2. The molecule has 0 saturated heterocycles. The molecule has 0 spiro atoms. The average Bonchev–Trinajstić information content (AvgIpc) is 2.50. The van der Waals surface area contributed by atoms with Gasteiger partial charge in [0.25, 0.3) is 0 Å². The van der Waals surface area contributed by atoms with Crippen molar-refractivity contribution in [2.24, 2.45) is 5.92 Å². The Balaban J connectivity index is 4.05. The first-order valence-electron chi connectivity index (χ1n) is 10.1. The molecule has 0 aromatic rings. The molecule has 2 unspecified atom stereocenters. The minimum absolute atomic E-state index is 0.217. The monoisotopic (exact) mass is 370 g/mol. The van der Waals surface area contributed by atoms with E-state index < -0.39 is 23.8 Å². The fourth-order valence-electron chi connectivity index (χ4n) is 3.02. The van der Waals surface area contributed by atoms with Gasteiger partial charge in [0.15, 0.2) is 11.7 Å². The van der Waals surface area contributed by atoms with E-state index in [9.17, 15) is 19.8 Å². The zero-order valence-corrected chi connectivity index (χ0v) is 17.2. The van der Waals surface area contributed by atoms with Crippen molar-refractivity contribution >= 4 is 11.8 Å². The number of hydrogen-bond acceptors (Lipinski definition) is 3. The van der Waals surface area contributed by atoms with Crippen molar-refractivity contribution in [3.05, 3.63) is 12.2 Å². The van der Waals surface area contributed by atoms with Crippen LogP contribution < -0.4 is 0 Å². The standard InChI is InChI=1S/C21H39NO4/c1-5-6-7-8-9-10-11-12-13-14-15-16-18(23)20(21(25)26)19(24)17-22(2,3)4/h15-16,19-20,24H,5-14,17H2,1-4H3/p+1/b16-15+. The Morgan fingerprint density at radius 1 is 0.923 bits per heavy atom. The van der Waals surface area contributed by atoms with Crippen LogP contribution in [0.25, 0.3) is 0 Å². The smallest absolute Gasteiger partial charge is 0.317 e. The number of aliphatic hydroxyl groups excluding tert-OH is 1. The highest BCUT2D eigenvalue weighted by atomic mass is 16.4. The summed E-state index contributed by atoms with van der Waals surface area (Å²) in [6, 6.07) is 0. The van der Waals surface area contributed by atoms with Gasteiger partial charge in [0, 0.05) is 0 Å². The van der Waals surface area contributed by atoms with Gasteiger partial charge in [-0.1, -0.05) is 64.4 Å². The Morgan fingerprint density at radius 2 is 1.42 bits per heavy atom. The molecule has 0 bridgehead atoms. The maximum atomic E-state index is 12.1. The molecule has 0 aromatic heterocycles. The van der Waals surface area contributed by atoms with E-state index in [1.165, 1.54) is 51.0 Å². The third-order valence-corrected chi connectivity index (χ3v) is 4.45. The van der Waals surface area contributed by atoms with Crippen LogP contribution in [-0.4, -0.2) is 60.2 Å². The second-order valence-electron chi connectivity index (χ2n) is 8.28. The van der Waals surface area contributed by atoms with Crippen molar-refractivity contribution in [2.45, 2.75) is 77.2 Å². The second-order valence-corrected chi connectivity index (χ2v) is 8.28. The maximum absolute atomic E-state index is 12.1. The molecule has 2 atom stereocenters. The molecule has 152 valence electrons. The molecule has 0 aliphatic rings. The summed E-state index contributed by atoms with van der Waals surface area (Å²) in [4.78, 5) is 23.5. The van der Waals surface area contributed by atoms with Crippen LogP contribution in [0.2, 0.25) is 0 Å². The SMILES string of the molecule is CCCCCCCCCCC/C=C/C(=O)C(C(=O)O)C(O)C[N+](C)(C)C. The van der Waals surface area contributed by atoms with E-state index in [1.807, 2.05) is 21.1 Å². The molecule has 0 radical (unpaired) electrons. The number of likely N-dealkylation sites (N-methyl/N-ethyl adjacent to an activating group) is 1. The van der Waals surface area contributed by atoms with Gasteiger partial charge in [0.2, 0.25) is 0 Å². The lowest BCUT2D eigenvalue weighted by Crippen LogP contribution is -2.47. The number of unbranched alkanes of at least 4 members (excludes halogenated alkanes) is 9. The van der Waals surface area contributed by atoms with Gasteiger partial charge < -0.3 is 14.7 Å². The summed E-state index contributed by atoms with van der Waals surface area (Å²) in [5.41, 5.74) is 0. The van der Waals surface area contributed by atoms with Crippen LogP contribution in [0.5, 0.6) is 0 Å². The Labute approximate surface area is 159 Å². The summed E-state index contributed by atoms with van der Waals surface area (Å²) in [6.07, 6.45) is 13.9. The van der Waals surface area contributed by atoms with Gasteiger partial charge in [-0.05, 0) is 18.9 Å². The number of quaternary nitrogens is 1. The summed E-state index contributed by atoms with van der Waals surface area (Å²) in [7, 11) is 5.56. The minimum Gasteiger partial charge on any atom is -0.481 e. The van der Waals surface area contributed by atoms with Gasteiger partial charge in [-0.3, -0.25) is 9.59 Å². The lowest BCUT2D eigenvalue weighted by molar-refractivity contribution is -0.873. The topological polar surface area (TPSA) is 74.6 Å². The van der Waals surface area contributed by atoms with E-state index in [0.29, 0.717) is 4.48 Å². The molecule has 5 nitrogen and oxygen atoms in total. The molecule has 0 aliphatic heterocycles. The first-order chi connectivity index (χ1) is 12.2. The lowest BCUT2D eigenvalue weighted by Gasteiger charge is -2.28. The van der Waals surface area contributed by atoms with Crippen molar-refractivity contribution in [3.8, 4) is 0 Å². The number of carbonyl (C=O) groups excluding carboxylic acids is 1. The van der Waals surface area contributed by atoms with Crippen LogP contribution in [0, 0.1) is 5.92 Å². The fourth-order valence-corrected chi connectivity index (χ4v) is 3.02. The number of hydrogen-bond donors (Lipinski definition) is 2. The number of carboxylic acid groups (broad SMARTS) is 1. The van der Waals surface area contributed by atoms with Crippen LogP contribution in [0.15, 0.2) is 12.2 Å². The number of allylic oxidation sites excluding steroid dienone is 2. The molecule has 26 heavy (non-hydrogen) atoms. The quantitative estimate of drug-likeness (QED) is 0.188. The lowest BCUT2D eigenvalue weighted by atomic mass is 9.96. The number of carboxylic acids is 1. The molecule has 0 saturated carbocycles. The molecule has 0 aromatic carbocycles. The number of ketones is 1. The maximum Gasteiger partial charge on any atom is 0.317 e. The number of rotatable bonds is 16. The van der Waals surface area contributed by atoms with E-state index in [2.05, 4.69) is 6.92 Å². The van der Waals surface area contributed by atoms with E-state index in [0.717, 1.165) is 19.3 Å². The van der Waals surface area contributed by atoms with Gasteiger partial charge >= 0.3 is 5.97 Å². The van der Waals surface area contributed by atoms with Gasteiger partial charge in [-0.25, -0.2) is 0 Å². The van der Waals surface area contributed by atoms with Crippen molar-refractivity contribution < 1.29 is 24.3 Å². The summed E-state index contributed by atoms with van der Waals surface area (Å²) in [5.74, 6) is -3.16. The Morgan fingerprint density at radius 3 is 1.88 bits per heavy atom. The van der Waals surface area contributed by atoms with Crippen LogP contribution in [0.4, 0.5) is 0 Å². The van der Waals surface area contributed by atoms with Gasteiger partial charge in [0.05, 0.1) is 21.1 Å². The Hall–Kier alpha value is -1.20. The molecule has 5 heteroatoms. The number of aliphatic hydroxyl groups is 1. The van der Waals surface area contributed by atoms with Gasteiger partial charge in [-0.15, -0.1) is 0 Å². The van der Waals surface area contributed by atoms with E-state index in [4.69, 9.17) is 0 Å². The molecule has 2 N–H and O–H groups in total.